The molecule has 40 heavy (non-hydrogen) atoms. The molecule has 0 unspecified atom stereocenters. The van der Waals surface area contributed by atoms with Crippen LogP contribution in [0.25, 0.3) is 5.65 Å². The third-order valence-electron chi connectivity index (χ3n) is 7.29. The zero-order valence-electron chi connectivity index (χ0n) is 22.4. The summed E-state index contributed by atoms with van der Waals surface area (Å²) in [6.07, 6.45) is -0.441. The number of imidazole rings is 1. The molecule has 1 saturated heterocycles. The van der Waals surface area contributed by atoms with Crippen LogP contribution < -0.4 is 19.7 Å². The highest BCUT2D eigenvalue weighted by atomic mass is 19.4. The monoisotopic (exact) mass is 552 g/mol. The molecule has 210 valence electrons. The number of carbonyl (C=O) groups excluding carboxylic acids is 1. The van der Waals surface area contributed by atoms with Crippen molar-refractivity contribution in [3.05, 3.63) is 89.4 Å². The summed E-state index contributed by atoms with van der Waals surface area (Å²) in [7, 11) is 1.58. The molecule has 0 spiro atoms. The number of nitrogens with zero attached hydrogens (tertiary/aromatic N) is 3. The maximum atomic E-state index is 13.1. The van der Waals surface area contributed by atoms with Crippen LogP contribution in [0.1, 0.15) is 53.0 Å². The first-order chi connectivity index (χ1) is 19.3. The number of methoxy groups -OCH3 is 1. The van der Waals surface area contributed by atoms with Gasteiger partial charge in [0.1, 0.15) is 11.4 Å². The highest BCUT2D eigenvalue weighted by Crippen LogP contribution is 2.32. The topological polar surface area (TPSA) is 68.1 Å². The number of halogens is 3. The smallest absolute Gasteiger partial charge is 0.493 e. The largest absolute Gasteiger partial charge is 0.573 e. The molecule has 1 aliphatic rings. The SMILES string of the molecule is CCc1nc2c(OC)cccn2c1C(=O)NCc1ccc(N2CCC(c3ccc(OC(F)(F)F)cc3)CC2)cc1. The molecular formula is C30H31F3N4O3. The number of fused-ring (bicyclic) bond motifs is 1. The van der Waals surface area contributed by atoms with Crippen LogP contribution in [0.5, 0.6) is 11.5 Å². The summed E-state index contributed by atoms with van der Waals surface area (Å²) in [5, 5.41) is 3.02. The van der Waals surface area contributed by atoms with Crippen molar-refractivity contribution < 1.29 is 27.4 Å². The standard InChI is InChI=1S/C30H31F3N4O3/c1-3-25-27(37-16-4-5-26(39-2)28(37)35-25)29(38)34-19-20-6-10-23(11-7-20)36-17-14-22(15-18-36)21-8-12-24(13-9-21)40-30(31,32)33/h4-13,16,22H,3,14-15,17-19H2,1-2H3,(H,34,38). The Morgan fingerprint density at radius 3 is 2.38 bits per heavy atom. The molecule has 4 aromatic rings. The predicted molar refractivity (Wildman–Crippen MR) is 146 cm³/mol. The van der Waals surface area contributed by atoms with Crippen molar-refractivity contribution >= 4 is 17.2 Å². The Labute approximate surface area is 230 Å². The van der Waals surface area contributed by atoms with Crippen molar-refractivity contribution in [2.45, 2.75) is 45.0 Å². The molecule has 7 nitrogen and oxygen atoms in total. The van der Waals surface area contributed by atoms with E-state index in [1.54, 1.807) is 23.6 Å². The van der Waals surface area contributed by atoms with E-state index in [1.807, 2.05) is 37.4 Å². The molecule has 1 N–H and O–H groups in total. The van der Waals surface area contributed by atoms with Crippen molar-refractivity contribution in [1.29, 1.82) is 0 Å². The van der Waals surface area contributed by atoms with E-state index in [4.69, 9.17) is 4.74 Å². The van der Waals surface area contributed by atoms with E-state index in [1.165, 1.54) is 12.1 Å². The van der Waals surface area contributed by atoms with Gasteiger partial charge in [0, 0.05) is 31.5 Å². The minimum atomic E-state index is -4.68. The molecule has 0 aliphatic carbocycles. The summed E-state index contributed by atoms with van der Waals surface area (Å²) in [6, 6.07) is 18.0. The average Bonchev–Trinajstić information content (AvgIpc) is 3.35. The quantitative estimate of drug-likeness (QED) is 0.285. The van der Waals surface area contributed by atoms with Crippen LogP contribution in [0, 0.1) is 0 Å². The molecule has 10 heteroatoms. The number of hydrogen-bond acceptors (Lipinski definition) is 5. The van der Waals surface area contributed by atoms with Crippen LogP contribution in [-0.2, 0) is 13.0 Å². The lowest BCUT2D eigenvalue weighted by Gasteiger charge is -2.34. The Morgan fingerprint density at radius 1 is 1.05 bits per heavy atom. The van der Waals surface area contributed by atoms with E-state index >= 15 is 0 Å². The molecule has 2 aromatic carbocycles. The summed E-state index contributed by atoms with van der Waals surface area (Å²) in [5.74, 6) is 0.513. The van der Waals surface area contributed by atoms with E-state index in [-0.39, 0.29) is 11.7 Å². The van der Waals surface area contributed by atoms with Crippen molar-refractivity contribution in [2.75, 3.05) is 25.1 Å². The number of piperidine rings is 1. The van der Waals surface area contributed by atoms with Crippen molar-refractivity contribution in [1.82, 2.24) is 14.7 Å². The Kier molecular flexibility index (Phi) is 7.86. The van der Waals surface area contributed by atoms with Gasteiger partial charge in [-0.05, 0) is 72.7 Å². The summed E-state index contributed by atoms with van der Waals surface area (Å²) < 4.78 is 48.4. The Hall–Kier alpha value is -4.21. The van der Waals surface area contributed by atoms with Gasteiger partial charge in [-0.25, -0.2) is 4.98 Å². The van der Waals surface area contributed by atoms with Crippen molar-refractivity contribution in [3.8, 4) is 11.5 Å². The van der Waals surface area contributed by atoms with Gasteiger partial charge in [-0.15, -0.1) is 13.2 Å². The van der Waals surface area contributed by atoms with Crippen LogP contribution in [0.2, 0.25) is 0 Å². The predicted octanol–water partition coefficient (Wildman–Crippen LogP) is 6.12. The summed E-state index contributed by atoms with van der Waals surface area (Å²) >= 11 is 0. The maximum Gasteiger partial charge on any atom is 0.573 e. The lowest BCUT2D eigenvalue weighted by molar-refractivity contribution is -0.274. The van der Waals surface area contributed by atoms with Gasteiger partial charge in [0.25, 0.3) is 5.91 Å². The molecule has 2 aromatic heterocycles. The molecule has 1 amide bonds. The number of carbonyl (C=O) groups is 1. The number of aryl methyl sites for hydroxylation is 1. The third kappa shape index (κ3) is 6.00. The number of pyridine rings is 1. The van der Waals surface area contributed by atoms with Gasteiger partial charge in [-0.3, -0.25) is 9.20 Å². The number of rotatable bonds is 8. The summed E-state index contributed by atoms with van der Waals surface area (Å²) in [5.41, 5.74) is 4.95. The minimum Gasteiger partial charge on any atom is -0.493 e. The van der Waals surface area contributed by atoms with Crippen LogP contribution in [0.15, 0.2) is 66.9 Å². The molecule has 5 rings (SSSR count). The lowest BCUT2D eigenvalue weighted by Crippen LogP contribution is -2.32. The highest BCUT2D eigenvalue weighted by Gasteiger charge is 2.31. The van der Waals surface area contributed by atoms with Gasteiger partial charge in [0.05, 0.1) is 12.8 Å². The zero-order valence-corrected chi connectivity index (χ0v) is 22.4. The molecule has 0 saturated carbocycles. The van der Waals surface area contributed by atoms with E-state index < -0.39 is 6.36 Å². The van der Waals surface area contributed by atoms with Crippen LogP contribution >= 0.6 is 0 Å². The van der Waals surface area contributed by atoms with E-state index in [0.29, 0.717) is 41.7 Å². The summed E-state index contributed by atoms with van der Waals surface area (Å²) in [4.78, 5) is 20.0. The van der Waals surface area contributed by atoms with Gasteiger partial charge >= 0.3 is 6.36 Å². The second-order valence-corrected chi connectivity index (χ2v) is 9.76. The molecule has 0 radical (unpaired) electrons. The van der Waals surface area contributed by atoms with Crippen LogP contribution in [0.3, 0.4) is 0 Å². The second kappa shape index (κ2) is 11.5. The fraction of sp³-hybridized carbons (Fsp3) is 0.333. The van der Waals surface area contributed by atoms with E-state index in [9.17, 15) is 18.0 Å². The van der Waals surface area contributed by atoms with Gasteiger partial charge in [-0.1, -0.05) is 31.2 Å². The molecule has 1 aliphatic heterocycles. The molecule has 0 bridgehead atoms. The Morgan fingerprint density at radius 2 is 1.75 bits per heavy atom. The fourth-order valence-corrected chi connectivity index (χ4v) is 5.24. The zero-order chi connectivity index (χ0) is 28.3. The summed E-state index contributed by atoms with van der Waals surface area (Å²) in [6.45, 7) is 4.05. The average molecular weight is 553 g/mol. The second-order valence-electron chi connectivity index (χ2n) is 9.76. The van der Waals surface area contributed by atoms with Gasteiger partial charge in [-0.2, -0.15) is 0 Å². The number of benzene rings is 2. The molecule has 3 heterocycles. The first-order valence-corrected chi connectivity index (χ1v) is 13.3. The first-order valence-electron chi connectivity index (χ1n) is 13.3. The normalized spacial score (nSPS) is 14.4. The van der Waals surface area contributed by atoms with Gasteiger partial charge in [0.15, 0.2) is 11.4 Å². The van der Waals surface area contributed by atoms with E-state index in [2.05, 4.69) is 32.1 Å². The Balaban J connectivity index is 1.16. The molecule has 0 atom stereocenters. The number of ether oxygens (including phenoxy) is 2. The number of alkyl halides is 3. The number of anilines is 1. The van der Waals surface area contributed by atoms with Crippen molar-refractivity contribution in [2.24, 2.45) is 0 Å². The van der Waals surface area contributed by atoms with Crippen LogP contribution in [0.4, 0.5) is 18.9 Å². The third-order valence-corrected chi connectivity index (χ3v) is 7.29. The lowest BCUT2D eigenvalue weighted by atomic mass is 9.89. The van der Waals surface area contributed by atoms with Crippen molar-refractivity contribution in [3.63, 3.8) is 0 Å². The van der Waals surface area contributed by atoms with Crippen LogP contribution in [-0.4, -0.2) is 41.9 Å². The molecule has 1 fully saturated rings. The molecular weight excluding hydrogens is 521 g/mol. The fourth-order valence-electron chi connectivity index (χ4n) is 5.24. The highest BCUT2D eigenvalue weighted by molar-refractivity contribution is 5.95. The first kappa shape index (κ1) is 27.4. The maximum absolute atomic E-state index is 13.1. The van der Waals surface area contributed by atoms with E-state index in [0.717, 1.165) is 42.7 Å². The number of nitrogens with one attached hydrogen (secondary N) is 1. The van der Waals surface area contributed by atoms with Gasteiger partial charge in [0.2, 0.25) is 0 Å². The number of hydrogen-bond donors (Lipinski definition) is 1. The number of aromatic nitrogens is 2. The minimum absolute atomic E-state index is 0.193. The van der Waals surface area contributed by atoms with Gasteiger partial charge < -0.3 is 19.7 Å². The number of amides is 1. The Bertz CT molecular complexity index is 1460.